The lowest BCUT2D eigenvalue weighted by molar-refractivity contribution is 1.00. The Bertz CT molecular complexity index is 120. The Morgan fingerprint density at radius 2 is 2.22 bits per heavy atom. The van der Waals surface area contributed by atoms with E-state index in [-0.39, 0.29) is 0 Å². The van der Waals surface area contributed by atoms with Crippen molar-refractivity contribution in [2.45, 2.75) is 19.8 Å². The van der Waals surface area contributed by atoms with Gasteiger partial charge in [-0.2, -0.15) is 0 Å². The van der Waals surface area contributed by atoms with Crippen LogP contribution in [0.5, 0.6) is 0 Å². The van der Waals surface area contributed by atoms with E-state index in [1.165, 1.54) is 0 Å². The van der Waals surface area contributed by atoms with Crippen LogP contribution in [0.1, 0.15) is 19.8 Å². The number of hydrogen-bond donors (Lipinski definition) is 0. The Balaban J connectivity index is 3.70. The first-order valence-electron chi connectivity index (χ1n) is 2.67. The molecule has 0 radical (unpaired) electrons. The number of hydrogen-bond acceptors (Lipinski definition) is 2. The standard InChI is InChI=1S/C5H8I2N2/c1-2-3-5(9-7)4-8-6/h4H,2-3H2,1H3/b8-4-,9-5-. The van der Waals surface area contributed by atoms with Gasteiger partial charge in [0.2, 0.25) is 0 Å². The van der Waals surface area contributed by atoms with E-state index in [2.05, 4.69) is 13.3 Å². The number of nitrogens with zero attached hydrogens (tertiary/aromatic N) is 2. The Morgan fingerprint density at radius 3 is 2.56 bits per heavy atom. The van der Waals surface area contributed by atoms with E-state index in [0.717, 1.165) is 18.6 Å². The van der Waals surface area contributed by atoms with Gasteiger partial charge in [0.15, 0.2) is 0 Å². The number of rotatable bonds is 3. The molecule has 0 rings (SSSR count). The van der Waals surface area contributed by atoms with E-state index >= 15 is 0 Å². The third-order valence-electron chi connectivity index (χ3n) is 0.813. The molecule has 0 N–H and O–H groups in total. The summed E-state index contributed by atoms with van der Waals surface area (Å²) in [7, 11) is 0. The molecule has 0 aromatic carbocycles. The van der Waals surface area contributed by atoms with Crippen LogP contribution in [-0.4, -0.2) is 11.9 Å². The summed E-state index contributed by atoms with van der Waals surface area (Å²) in [6.07, 6.45) is 3.94. The highest BCUT2D eigenvalue weighted by molar-refractivity contribution is 14.1. The molecule has 0 bridgehead atoms. The van der Waals surface area contributed by atoms with Gasteiger partial charge in [-0.3, -0.25) is 0 Å². The Morgan fingerprint density at radius 1 is 1.56 bits per heavy atom. The Kier molecular flexibility index (Phi) is 7.53. The van der Waals surface area contributed by atoms with Crippen LogP contribution in [0.2, 0.25) is 0 Å². The van der Waals surface area contributed by atoms with Gasteiger partial charge in [-0.25, -0.2) is 6.41 Å². The maximum atomic E-state index is 4.00. The minimum atomic E-state index is 1.02. The van der Waals surface area contributed by atoms with Crippen LogP contribution in [0.4, 0.5) is 0 Å². The molecule has 52 valence electrons. The summed E-state index contributed by atoms with van der Waals surface area (Å²) in [5.74, 6) is 0. The zero-order valence-electron chi connectivity index (χ0n) is 5.14. The Labute approximate surface area is 83.2 Å². The van der Waals surface area contributed by atoms with Crippen LogP contribution in [0.3, 0.4) is 0 Å². The van der Waals surface area contributed by atoms with Gasteiger partial charge in [-0.15, -0.1) is 0 Å². The highest BCUT2D eigenvalue weighted by atomic mass is 127. The van der Waals surface area contributed by atoms with Crippen molar-refractivity contribution in [1.82, 2.24) is 0 Å². The molecule has 0 aliphatic heterocycles. The fraction of sp³-hybridized carbons (Fsp3) is 0.600. The fourth-order valence-electron chi connectivity index (χ4n) is 0.441. The summed E-state index contributed by atoms with van der Waals surface area (Å²) in [5.41, 5.74) is 1.06. The lowest BCUT2D eigenvalue weighted by atomic mass is 10.2. The predicted molar refractivity (Wildman–Crippen MR) is 58.9 cm³/mol. The molecule has 0 spiro atoms. The second-order valence-electron chi connectivity index (χ2n) is 1.55. The summed E-state index contributed by atoms with van der Waals surface area (Å²) >= 11 is 3.94. The van der Waals surface area contributed by atoms with E-state index < -0.39 is 0 Å². The first-order chi connectivity index (χ1) is 4.35. The minimum absolute atomic E-state index is 1.02. The van der Waals surface area contributed by atoms with Crippen LogP contribution in [0.25, 0.3) is 0 Å². The fourth-order valence-corrected chi connectivity index (χ4v) is 1.13. The van der Waals surface area contributed by atoms with Gasteiger partial charge in [-0.05, 0) is 6.42 Å². The molecule has 0 fully saturated rings. The Hall–Kier alpha value is 0.800. The van der Waals surface area contributed by atoms with Gasteiger partial charge in [0.1, 0.15) is 0 Å². The molecule has 0 aliphatic carbocycles. The molecule has 0 atom stereocenters. The highest BCUT2D eigenvalue weighted by Crippen LogP contribution is 1.95. The van der Waals surface area contributed by atoms with Gasteiger partial charge in [0.05, 0.1) is 57.7 Å². The van der Waals surface area contributed by atoms with E-state index in [1.54, 1.807) is 6.21 Å². The van der Waals surface area contributed by atoms with Crippen LogP contribution >= 0.6 is 45.7 Å². The third-order valence-corrected chi connectivity index (χ3v) is 1.71. The maximum absolute atomic E-state index is 4.00. The SMILES string of the molecule is CCCC(/C=N\I)=N/I. The maximum Gasteiger partial charge on any atom is 0.0834 e. The lowest BCUT2D eigenvalue weighted by Crippen LogP contribution is -1.95. The predicted octanol–water partition coefficient (Wildman–Crippen LogP) is 3.00. The first kappa shape index (κ1) is 9.80. The molecule has 0 aromatic rings. The first-order valence-corrected chi connectivity index (χ1v) is 4.60. The van der Waals surface area contributed by atoms with Gasteiger partial charge in [-0.1, -0.05) is 13.3 Å². The van der Waals surface area contributed by atoms with Crippen molar-refractivity contribution in [3.05, 3.63) is 0 Å². The van der Waals surface area contributed by atoms with Crippen molar-refractivity contribution in [2.75, 3.05) is 0 Å². The summed E-state index contributed by atoms with van der Waals surface area (Å²) < 4.78 is 7.83. The summed E-state index contributed by atoms with van der Waals surface area (Å²) in [6.45, 7) is 2.13. The van der Waals surface area contributed by atoms with Crippen molar-refractivity contribution in [1.29, 1.82) is 0 Å². The second-order valence-corrected chi connectivity index (χ2v) is 2.59. The molecule has 0 aliphatic rings. The van der Waals surface area contributed by atoms with Crippen molar-refractivity contribution < 1.29 is 0 Å². The zero-order chi connectivity index (χ0) is 7.11. The molecule has 0 saturated heterocycles. The molecular weight excluding hydrogens is 342 g/mol. The summed E-state index contributed by atoms with van der Waals surface area (Å²) in [5, 5.41) is 0. The van der Waals surface area contributed by atoms with E-state index in [1.807, 2.05) is 45.7 Å². The van der Waals surface area contributed by atoms with Gasteiger partial charge < -0.3 is 0 Å². The number of halogens is 2. The third kappa shape index (κ3) is 5.25. The quantitative estimate of drug-likeness (QED) is 0.553. The minimum Gasteiger partial charge on any atom is -0.221 e. The highest BCUT2D eigenvalue weighted by Gasteiger charge is 1.89. The van der Waals surface area contributed by atoms with Gasteiger partial charge in [0, 0.05) is 0 Å². The van der Waals surface area contributed by atoms with Crippen molar-refractivity contribution in [2.24, 2.45) is 6.41 Å². The second kappa shape index (κ2) is 6.91. The average Bonchev–Trinajstić information content (AvgIpc) is 1.88. The topological polar surface area (TPSA) is 24.7 Å². The monoisotopic (exact) mass is 350 g/mol. The molecule has 0 aromatic heterocycles. The van der Waals surface area contributed by atoms with Crippen molar-refractivity contribution in [3.8, 4) is 0 Å². The van der Waals surface area contributed by atoms with Crippen LogP contribution in [0, 0.1) is 0 Å². The van der Waals surface area contributed by atoms with E-state index in [4.69, 9.17) is 0 Å². The van der Waals surface area contributed by atoms with Gasteiger partial charge in [0.25, 0.3) is 0 Å². The molecule has 2 nitrogen and oxygen atoms in total. The molecule has 0 heterocycles. The zero-order valence-corrected chi connectivity index (χ0v) is 9.46. The van der Waals surface area contributed by atoms with E-state index in [0.29, 0.717) is 0 Å². The van der Waals surface area contributed by atoms with E-state index in [9.17, 15) is 0 Å². The average molecular weight is 350 g/mol. The van der Waals surface area contributed by atoms with Gasteiger partial charge >= 0.3 is 0 Å². The largest absolute Gasteiger partial charge is 0.221 e. The van der Waals surface area contributed by atoms with Crippen LogP contribution in [-0.2, 0) is 0 Å². The molecule has 0 amide bonds. The molecular formula is C5H8I2N2. The van der Waals surface area contributed by atoms with Crippen molar-refractivity contribution >= 4 is 57.7 Å². The lowest BCUT2D eigenvalue weighted by Gasteiger charge is -1.90. The molecule has 0 unspecified atom stereocenters. The smallest absolute Gasteiger partial charge is 0.0834 e. The summed E-state index contributed by atoms with van der Waals surface area (Å²) in [4.78, 5) is 0. The normalized spacial score (nSPS) is 13.0. The van der Waals surface area contributed by atoms with Crippen LogP contribution < -0.4 is 0 Å². The molecule has 9 heavy (non-hydrogen) atoms. The molecule has 0 saturated carbocycles. The summed E-state index contributed by atoms with van der Waals surface area (Å²) in [6, 6.07) is 0. The van der Waals surface area contributed by atoms with Crippen molar-refractivity contribution in [3.63, 3.8) is 0 Å². The van der Waals surface area contributed by atoms with Crippen LogP contribution in [0.15, 0.2) is 6.41 Å². The molecule has 4 heteroatoms.